The van der Waals surface area contributed by atoms with Crippen molar-refractivity contribution in [3.8, 4) is 0 Å². The van der Waals surface area contributed by atoms with Crippen molar-refractivity contribution in [2.75, 3.05) is 13.2 Å². The molecule has 0 aliphatic carbocycles. The summed E-state index contributed by atoms with van der Waals surface area (Å²) in [6.07, 6.45) is 0. The number of aliphatic hydroxyl groups is 2. The van der Waals surface area contributed by atoms with Gasteiger partial charge in [0.2, 0.25) is 0 Å². The van der Waals surface area contributed by atoms with Crippen LogP contribution in [0, 0.1) is 0 Å². The molecule has 0 aliphatic rings. The Morgan fingerprint density at radius 3 is 2.56 bits per heavy atom. The van der Waals surface area contributed by atoms with Crippen LogP contribution in [-0.4, -0.2) is 29.0 Å². The summed E-state index contributed by atoms with van der Waals surface area (Å²) >= 11 is 0. The van der Waals surface area contributed by atoms with Crippen LogP contribution in [0.2, 0.25) is 0 Å². The fraction of sp³-hybridized carbons (Fsp3) is 0.333. The van der Waals surface area contributed by atoms with Crippen LogP contribution in [-0.2, 0) is 6.54 Å². The van der Waals surface area contributed by atoms with Crippen LogP contribution >= 0.6 is 0 Å². The highest BCUT2D eigenvalue weighted by atomic mass is 16.3. The minimum absolute atomic E-state index is 0.238. The zero-order chi connectivity index (χ0) is 13.0. The van der Waals surface area contributed by atoms with E-state index in [2.05, 4.69) is 35.6 Å². The molecule has 0 bridgehead atoms. The van der Waals surface area contributed by atoms with Crippen molar-refractivity contribution in [2.45, 2.75) is 19.1 Å². The maximum absolute atomic E-state index is 9.66. The van der Waals surface area contributed by atoms with E-state index in [4.69, 9.17) is 5.11 Å². The highest BCUT2D eigenvalue weighted by Crippen LogP contribution is 2.15. The van der Waals surface area contributed by atoms with Crippen LogP contribution in [0.15, 0.2) is 42.5 Å². The molecule has 0 aliphatic heterocycles. The number of hydrogen-bond acceptors (Lipinski definition) is 3. The molecule has 18 heavy (non-hydrogen) atoms. The van der Waals surface area contributed by atoms with Crippen molar-refractivity contribution in [1.82, 2.24) is 5.32 Å². The smallest absolute Gasteiger partial charge is 0.0972 e. The van der Waals surface area contributed by atoms with E-state index in [0.717, 1.165) is 0 Å². The number of aliphatic hydroxyl groups excluding tert-OH is 1. The van der Waals surface area contributed by atoms with Crippen molar-refractivity contribution in [3.05, 3.63) is 48.0 Å². The minimum Gasteiger partial charge on any atom is -0.393 e. The number of fused-ring (bicyclic) bond motifs is 1. The Bertz CT molecular complexity index is 523. The van der Waals surface area contributed by atoms with Gasteiger partial charge in [-0.2, -0.15) is 0 Å². The van der Waals surface area contributed by atoms with Crippen molar-refractivity contribution < 1.29 is 10.2 Å². The van der Waals surface area contributed by atoms with Crippen LogP contribution in [0.5, 0.6) is 0 Å². The molecule has 1 unspecified atom stereocenters. The molecular weight excluding hydrogens is 226 g/mol. The van der Waals surface area contributed by atoms with E-state index >= 15 is 0 Å². The quantitative estimate of drug-likeness (QED) is 0.751. The SMILES string of the molecule is CC(O)(CO)CNCc1ccc2ccccc2c1. The molecule has 96 valence electrons. The van der Waals surface area contributed by atoms with E-state index in [-0.39, 0.29) is 6.61 Å². The Labute approximate surface area is 107 Å². The first-order valence-electron chi connectivity index (χ1n) is 6.12. The van der Waals surface area contributed by atoms with Crippen molar-refractivity contribution in [1.29, 1.82) is 0 Å². The number of nitrogens with one attached hydrogen (secondary N) is 1. The highest BCUT2D eigenvalue weighted by molar-refractivity contribution is 5.82. The monoisotopic (exact) mass is 245 g/mol. The van der Waals surface area contributed by atoms with Gasteiger partial charge in [0.05, 0.1) is 12.2 Å². The molecular formula is C15H19NO2. The third kappa shape index (κ3) is 3.29. The Kier molecular flexibility index (Phi) is 3.97. The molecule has 0 fully saturated rings. The molecule has 0 radical (unpaired) electrons. The second-order valence-corrected chi connectivity index (χ2v) is 4.94. The summed E-state index contributed by atoms with van der Waals surface area (Å²) in [5, 5.41) is 24.2. The lowest BCUT2D eigenvalue weighted by Crippen LogP contribution is -2.40. The Morgan fingerprint density at radius 1 is 1.11 bits per heavy atom. The van der Waals surface area contributed by atoms with Gasteiger partial charge >= 0.3 is 0 Å². The van der Waals surface area contributed by atoms with Crippen LogP contribution < -0.4 is 5.32 Å². The standard InChI is InChI=1S/C15H19NO2/c1-15(18,11-17)10-16-9-12-6-7-13-4-2-3-5-14(13)8-12/h2-8,16-18H,9-11H2,1H3. The minimum atomic E-state index is -1.06. The van der Waals surface area contributed by atoms with Gasteiger partial charge in [-0.3, -0.25) is 0 Å². The highest BCUT2D eigenvalue weighted by Gasteiger charge is 2.17. The Hall–Kier alpha value is -1.42. The van der Waals surface area contributed by atoms with Gasteiger partial charge in [0.25, 0.3) is 0 Å². The van der Waals surface area contributed by atoms with Crippen LogP contribution in [0.4, 0.5) is 0 Å². The first kappa shape index (κ1) is 13.0. The maximum atomic E-state index is 9.66. The average molecular weight is 245 g/mol. The molecule has 2 aromatic rings. The fourth-order valence-electron chi connectivity index (χ4n) is 1.88. The number of rotatable bonds is 5. The predicted octanol–water partition coefficient (Wildman–Crippen LogP) is 1.67. The predicted molar refractivity (Wildman–Crippen MR) is 73.4 cm³/mol. The molecule has 0 saturated carbocycles. The van der Waals surface area contributed by atoms with Crippen molar-refractivity contribution in [3.63, 3.8) is 0 Å². The molecule has 2 aromatic carbocycles. The summed E-state index contributed by atoms with van der Waals surface area (Å²) in [6.45, 7) is 2.43. The second kappa shape index (κ2) is 5.48. The molecule has 0 heterocycles. The third-order valence-electron chi connectivity index (χ3n) is 2.99. The van der Waals surface area contributed by atoms with Gasteiger partial charge in [-0.05, 0) is 29.3 Å². The van der Waals surface area contributed by atoms with Gasteiger partial charge in [-0.1, -0.05) is 36.4 Å². The van der Waals surface area contributed by atoms with Gasteiger partial charge < -0.3 is 15.5 Å². The average Bonchev–Trinajstić information content (AvgIpc) is 2.38. The molecule has 0 spiro atoms. The molecule has 3 nitrogen and oxygen atoms in total. The van der Waals surface area contributed by atoms with E-state index in [0.29, 0.717) is 13.1 Å². The summed E-state index contributed by atoms with van der Waals surface area (Å²) in [5.74, 6) is 0. The van der Waals surface area contributed by atoms with E-state index in [1.807, 2.05) is 12.1 Å². The Morgan fingerprint density at radius 2 is 1.83 bits per heavy atom. The molecule has 0 saturated heterocycles. The van der Waals surface area contributed by atoms with Crippen molar-refractivity contribution >= 4 is 10.8 Å². The topological polar surface area (TPSA) is 52.5 Å². The molecule has 2 rings (SSSR count). The summed E-state index contributed by atoms with van der Waals surface area (Å²) in [5.41, 5.74) is 0.110. The van der Waals surface area contributed by atoms with E-state index in [1.54, 1.807) is 6.92 Å². The summed E-state index contributed by atoms with van der Waals surface area (Å²) in [4.78, 5) is 0. The van der Waals surface area contributed by atoms with Crippen LogP contribution in [0.25, 0.3) is 10.8 Å². The largest absolute Gasteiger partial charge is 0.393 e. The van der Waals surface area contributed by atoms with Crippen molar-refractivity contribution in [2.24, 2.45) is 0 Å². The normalized spacial score (nSPS) is 14.6. The van der Waals surface area contributed by atoms with Crippen LogP contribution in [0.1, 0.15) is 12.5 Å². The number of benzene rings is 2. The first-order valence-corrected chi connectivity index (χ1v) is 6.12. The van der Waals surface area contributed by atoms with Gasteiger partial charge in [0, 0.05) is 13.1 Å². The lowest BCUT2D eigenvalue weighted by molar-refractivity contribution is 0.00254. The lowest BCUT2D eigenvalue weighted by atomic mass is 10.1. The van der Waals surface area contributed by atoms with E-state index < -0.39 is 5.60 Å². The van der Waals surface area contributed by atoms with Gasteiger partial charge in [-0.15, -0.1) is 0 Å². The fourth-order valence-corrected chi connectivity index (χ4v) is 1.88. The zero-order valence-corrected chi connectivity index (χ0v) is 10.6. The summed E-state index contributed by atoms with van der Waals surface area (Å²) < 4.78 is 0. The summed E-state index contributed by atoms with van der Waals surface area (Å²) in [6, 6.07) is 14.5. The number of hydrogen-bond donors (Lipinski definition) is 3. The second-order valence-electron chi connectivity index (χ2n) is 4.94. The van der Waals surface area contributed by atoms with E-state index in [1.165, 1.54) is 16.3 Å². The molecule has 1 atom stereocenters. The summed E-state index contributed by atoms with van der Waals surface area (Å²) in [7, 11) is 0. The van der Waals surface area contributed by atoms with E-state index in [9.17, 15) is 5.11 Å². The first-order chi connectivity index (χ1) is 8.61. The van der Waals surface area contributed by atoms with Gasteiger partial charge in [0.1, 0.15) is 0 Å². The van der Waals surface area contributed by atoms with Crippen LogP contribution in [0.3, 0.4) is 0 Å². The molecule has 3 N–H and O–H groups in total. The third-order valence-corrected chi connectivity index (χ3v) is 2.99. The lowest BCUT2D eigenvalue weighted by Gasteiger charge is -2.20. The van der Waals surface area contributed by atoms with Gasteiger partial charge in [0.15, 0.2) is 0 Å². The molecule has 3 heteroatoms. The molecule has 0 aromatic heterocycles. The Balaban J connectivity index is 2.00. The van der Waals surface area contributed by atoms with Gasteiger partial charge in [-0.25, -0.2) is 0 Å². The molecule has 0 amide bonds. The maximum Gasteiger partial charge on any atom is 0.0972 e. The zero-order valence-electron chi connectivity index (χ0n) is 10.6.